The summed E-state index contributed by atoms with van der Waals surface area (Å²) < 4.78 is 16.3. The van der Waals surface area contributed by atoms with Crippen LogP contribution in [0.25, 0.3) is 0 Å². The molecule has 3 aromatic rings. The third-order valence-corrected chi connectivity index (χ3v) is 5.42. The Bertz CT molecular complexity index is 1220. The van der Waals surface area contributed by atoms with Crippen LogP contribution >= 0.6 is 34.8 Å². The highest BCUT2D eigenvalue weighted by Crippen LogP contribution is 2.29. The van der Waals surface area contributed by atoms with Gasteiger partial charge in [0.15, 0.2) is 17.6 Å². The van der Waals surface area contributed by atoms with Gasteiger partial charge in [0.2, 0.25) is 0 Å². The predicted octanol–water partition coefficient (Wildman–Crippen LogP) is 5.79. The summed E-state index contributed by atoms with van der Waals surface area (Å²) in [5, 5.41) is 5.07. The van der Waals surface area contributed by atoms with Gasteiger partial charge in [0.1, 0.15) is 5.75 Å². The van der Waals surface area contributed by atoms with Crippen molar-refractivity contribution in [1.29, 1.82) is 0 Å². The van der Waals surface area contributed by atoms with Crippen LogP contribution < -0.4 is 19.6 Å². The molecule has 0 heterocycles. The molecule has 0 aliphatic carbocycles. The number of carbonyl (C=O) groups excluding carboxylic acids is 2. The number of nitrogens with zero attached hydrogens (tertiary/aromatic N) is 1. The van der Waals surface area contributed by atoms with Crippen molar-refractivity contribution in [3.05, 3.63) is 86.9 Å². The van der Waals surface area contributed by atoms with Crippen molar-refractivity contribution >= 4 is 52.9 Å². The zero-order chi connectivity index (χ0) is 24.7. The smallest absolute Gasteiger partial charge is 0.343 e. The van der Waals surface area contributed by atoms with Crippen molar-refractivity contribution in [2.45, 2.75) is 13.0 Å². The van der Waals surface area contributed by atoms with Gasteiger partial charge in [-0.2, -0.15) is 5.10 Å². The van der Waals surface area contributed by atoms with Crippen molar-refractivity contribution in [3.63, 3.8) is 0 Å². The summed E-state index contributed by atoms with van der Waals surface area (Å²) >= 11 is 17.7. The maximum atomic E-state index is 12.4. The lowest BCUT2D eigenvalue weighted by Gasteiger charge is -2.13. The van der Waals surface area contributed by atoms with E-state index in [4.69, 9.17) is 49.0 Å². The van der Waals surface area contributed by atoms with Gasteiger partial charge in [-0.25, -0.2) is 10.2 Å². The zero-order valence-electron chi connectivity index (χ0n) is 18.1. The van der Waals surface area contributed by atoms with Gasteiger partial charge in [0.25, 0.3) is 5.91 Å². The Kier molecular flexibility index (Phi) is 8.76. The predicted molar refractivity (Wildman–Crippen MR) is 132 cm³/mol. The Balaban J connectivity index is 1.60. The van der Waals surface area contributed by atoms with Gasteiger partial charge in [-0.05, 0) is 73.2 Å². The molecule has 0 unspecified atom stereocenters. The number of ether oxygens (including phenoxy) is 3. The fourth-order valence-electron chi connectivity index (χ4n) is 2.66. The Hall–Kier alpha value is -3.26. The molecule has 0 radical (unpaired) electrons. The molecule has 0 saturated heterocycles. The molecule has 1 atom stereocenters. The lowest BCUT2D eigenvalue weighted by Crippen LogP contribution is -2.33. The molecule has 1 N–H and O–H groups in total. The van der Waals surface area contributed by atoms with Crippen LogP contribution in [0.5, 0.6) is 17.2 Å². The molecule has 3 rings (SSSR count). The fourth-order valence-corrected chi connectivity index (χ4v) is 3.09. The summed E-state index contributed by atoms with van der Waals surface area (Å²) in [5.74, 6) is -0.0646. The largest absolute Gasteiger partial charge is 0.493 e. The lowest BCUT2D eigenvalue weighted by molar-refractivity contribution is -0.127. The zero-order valence-corrected chi connectivity index (χ0v) is 20.3. The molecule has 10 heteroatoms. The van der Waals surface area contributed by atoms with Crippen LogP contribution in [0.1, 0.15) is 22.8 Å². The molecule has 0 fully saturated rings. The number of amides is 1. The van der Waals surface area contributed by atoms with E-state index >= 15 is 0 Å². The van der Waals surface area contributed by atoms with Crippen molar-refractivity contribution in [1.82, 2.24) is 5.43 Å². The number of methoxy groups -OCH3 is 1. The molecule has 0 aliphatic heterocycles. The van der Waals surface area contributed by atoms with Crippen LogP contribution in [0.2, 0.25) is 15.1 Å². The van der Waals surface area contributed by atoms with E-state index < -0.39 is 18.0 Å². The highest BCUT2D eigenvalue weighted by atomic mass is 35.5. The first-order valence-corrected chi connectivity index (χ1v) is 11.0. The maximum Gasteiger partial charge on any atom is 0.343 e. The number of hydrazone groups is 1. The first kappa shape index (κ1) is 25.4. The van der Waals surface area contributed by atoms with E-state index in [1.54, 1.807) is 49.4 Å². The standard InChI is InChI=1S/C24H19Cl3N2O5/c1-14(33-18-7-5-17(25)6-8-18)23(30)29-28-13-15-3-10-21(22(11-15)32-2)34-24(31)16-4-9-19(26)20(27)12-16/h3-14H,1-2H3,(H,29,30)/b28-13-/t14-/m1/s1. The molecule has 0 saturated carbocycles. The van der Waals surface area contributed by atoms with Crippen molar-refractivity contribution in [2.24, 2.45) is 5.10 Å². The van der Waals surface area contributed by atoms with E-state index in [-0.39, 0.29) is 16.3 Å². The first-order valence-electron chi connectivity index (χ1n) is 9.87. The molecule has 0 aromatic heterocycles. The molecule has 7 nitrogen and oxygen atoms in total. The average molecular weight is 522 g/mol. The summed E-state index contributed by atoms with van der Waals surface area (Å²) in [6.45, 7) is 1.60. The fraction of sp³-hybridized carbons (Fsp3) is 0.125. The average Bonchev–Trinajstić information content (AvgIpc) is 2.82. The van der Waals surface area contributed by atoms with Crippen LogP contribution in [0, 0.1) is 0 Å². The van der Waals surface area contributed by atoms with Crippen molar-refractivity contribution in [2.75, 3.05) is 7.11 Å². The van der Waals surface area contributed by atoms with E-state index in [0.29, 0.717) is 27.1 Å². The van der Waals surface area contributed by atoms with Gasteiger partial charge >= 0.3 is 5.97 Å². The van der Waals surface area contributed by atoms with Crippen LogP contribution in [0.15, 0.2) is 65.8 Å². The van der Waals surface area contributed by atoms with Gasteiger partial charge in [0.05, 0.1) is 28.9 Å². The number of carbonyl (C=O) groups is 2. The number of hydrogen-bond donors (Lipinski definition) is 1. The van der Waals surface area contributed by atoms with E-state index in [9.17, 15) is 9.59 Å². The molecule has 0 spiro atoms. The monoisotopic (exact) mass is 520 g/mol. The minimum Gasteiger partial charge on any atom is -0.493 e. The SMILES string of the molecule is COc1cc(/C=N\NC(=O)[C@@H](C)Oc2ccc(Cl)cc2)ccc1OC(=O)c1ccc(Cl)c(Cl)c1. The number of esters is 1. The summed E-state index contributed by atoms with van der Waals surface area (Å²) in [6, 6.07) is 15.9. The van der Waals surface area contributed by atoms with E-state index in [2.05, 4.69) is 10.5 Å². The summed E-state index contributed by atoms with van der Waals surface area (Å²) in [5.41, 5.74) is 3.24. The van der Waals surface area contributed by atoms with E-state index in [0.717, 1.165) is 0 Å². The highest BCUT2D eigenvalue weighted by Gasteiger charge is 2.15. The number of halogens is 3. The van der Waals surface area contributed by atoms with Crippen LogP contribution in [0.4, 0.5) is 0 Å². The topological polar surface area (TPSA) is 86.2 Å². The molecule has 3 aromatic carbocycles. The van der Waals surface area contributed by atoms with Crippen LogP contribution in [-0.4, -0.2) is 31.3 Å². The van der Waals surface area contributed by atoms with E-state index in [1.165, 1.54) is 31.5 Å². The normalized spacial score (nSPS) is 11.7. The number of nitrogens with one attached hydrogen (secondary N) is 1. The van der Waals surface area contributed by atoms with Gasteiger partial charge < -0.3 is 14.2 Å². The molecule has 1 amide bonds. The number of rotatable bonds is 8. The van der Waals surface area contributed by atoms with Gasteiger partial charge in [-0.1, -0.05) is 34.8 Å². The number of hydrogen-bond acceptors (Lipinski definition) is 6. The number of benzene rings is 3. The van der Waals surface area contributed by atoms with Crippen LogP contribution in [0.3, 0.4) is 0 Å². The molecular weight excluding hydrogens is 503 g/mol. The second-order valence-electron chi connectivity index (χ2n) is 6.88. The van der Waals surface area contributed by atoms with E-state index in [1.807, 2.05) is 0 Å². The minimum absolute atomic E-state index is 0.199. The van der Waals surface area contributed by atoms with Crippen LogP contribution in [-0.2, 0) is 4.79 Å². The lowest BCUT2D eigenvalue weighted by atomic mass is 10.2. The highest BCUT2D eigenvalue weighted by molar-refractivity contribution is 6.42. The Morgan fingerprint density at radius 2 is 1.68 bits per heavy atom. The Morgan fingerprint density at radius 1 is 0.941 bits per heavy atom. The summed E-state index contributed by atoms with van der Waals surface area (Å²) in [7, 11) is 1.43. The van der Waals surface area contributed by atoms with Gasteiger partial charge in [-0.3, -0.25) is 4.79 Å². The molecule has 0 bridgehead atoms. The first-order chi connectivity index (χ1) is 16.3. The molecule has 176 valence electrons. The Morgan fingerprint density at radius 3 is 2.35 bits per heavy atom. The second kappa shape index (κ2) is 11.7. The molecule has 34 heavy (non-hydrogen) atoms. The summed E-state index contributed by atoms with van der Waals surface area (Å²) in [4.78, 5) is 24.6. The van der Waals surface area contributed by atoms with Gasteiger partial charge in [-0.15, -0.1) is 0 Å². The second-order valence-corrected chi connectivity index (χ2v) is 8.13. The third kappa shape index (κ3) is 6.87. The quantitative estimate of drug-likeness (QED) is 0.175. The maximum absolute atomic E-state index is 12.4. The molecular formula is C24H19Cl3N2O5. The van der Waals surface area contributed by atoms with Crippen molar-refractivity contribution < 1.29 is 23.8 Å². The Labute approximate surface area is 211 Å². The minimum atomic E-state index is -0.781. The van der Waals surface area contributed by atoms with Gasteiger partial charge in [0, 0.05) is 5.02 Å². The van der Waals surface area contributed by atoms with Crippen molar-refractivity contribution in [3.8, 4) is 17.2 Å². The molecule has 0 aliphatic rings. The third-order valence-electron chi connectivity index (χ3n) is 4.43. The summed E-state index contributed by atoms with van der Waals surface area (Å²) in [6.07, 6.45) is 0.635.